The lowest BCUT2D eigenvalue weighted by atomic mass is 10.3. The predicted octanol–water partition coefficient (Wildman–Crippen LogP) is 5.69. The van der Waals surface area contributed by atoms with Crippen molar-refractivity contribution in [2.75, 3.05) is 7.11 Å². The Morgan fingerprint density at radius 3 is 2.16 bits per heavy atom. The lowest BCUT2D eigenvalue weighted by molar-refractivity contribution is 0.0604. The molecule has 0 radical (unpaired) electrons. The van der Waals surface area contributed by atoms with Crippen molar-refractivity contribution >= 4 is 47.4 Å². The molecule has 2 heterocycles. The molecule has 0 amide bonds. The van der Waals surface area contributed by atoms with E-state index >= 15 is 0 Å². The van der Waals surface area contributed by atoms with Crippen molar-refractivity contribution in [2.45, 2.75) is 58.2 Å². The second-order valence-corrected chi connectivity index (χ2v) is 13.9. The minimum Gasteiger partial charge on any atom is -0.540 e. The average Bonchev–Trinajstić information content (AvgIpc) is 2.87. The Hall–Kier alpha value is -1.18. The molecular weight excluding hydrogens is 376 g/mol. The number of carbonyl (C=O) groups is 1. The summed E-state index contributed by atoms with van der Waals surface area (Å²) in [4.78, 5) is 12.8. The van der Waals surface area contributed by atoms with Gasteiger partial charge in [-0.25, -0.2) is 4.79 Å². The van der Waals surface area contributed by atoms with Gasteiger partial charge in [0.15, 0.2) is 15.8 Å². The third-order valence-electron chi connectivity index (χ3n) is 4.72. The maximum absolute atomic E-state index is 12.3. The van der Waals surface area contributed by atoms with Gasteiger partial charge in [0.1, 0.15) is 5.52 Å². The summed E-state index contributed by atoms with van der Waals surface area (Å²) in [5.74, 6) is 0.0760. The molecule has 0 aliphatic rings. The lowest BCUT2D eigenvalue weighted by Crippen LogP contribution is -2.50. The van der Waals surface area contributed by atoms with E-state index in [2.05, 4.69) is 51.7 Å². The van der Waals surface area contributed by atoms with Crippen LogP contribution in [-0.4, -0.2) is 31.6 Å². The fourth-order valence-corrected chi connectivity index (χ4v) is 10.3. The predicted molar refractivity (Wildman–Crippen MR) is 105 cm³/mol. The molecule has 0 bridgehead atoms. The summed E-state index contributed by atoms with van der Waals surface area (Å²) in [6.07, 6.45) is 0. The smallest absolute Gasteiger partial charge is 0.351 e. The molecule has 0 fully saturated rings. The minimum atomic E-state index is -2.25. The highest BCUT2D eigenvalue weighted by molar-refractivity contribution is 7.21. The maximum Gasteiger partial charge on any atom is 0.351 e. The van der Waals surface area contributed by atoms with Gasteiger partial charge in [-0.05, 0) is 22.7 Å². The number of carbonyl (C=O) groups excluding carboxylic acids is 1. The topological polar surface area (TPSA) is 61.3 Å². The van der Waals surface area contributed by atoms with E-state index in [-0.39, 0.29) is 5.15 Å². The number of nitrogens with zero attached hydrogens (tertiary/aromatic N) is 2. The number of methoxy groups -OCH3 is 1. The third kappa shape index (κ3) is 3.54. The molecule has 0 aliphatic carbocycles. The standard InChI is InChI=1S/C17H25ClN2O3SSi/c1-9(2)25(10(3)4,11(5)6)23-15-14-12(8-13(18)19-20-14)24-16(15)17(21)22-7/h8-11H,1-7H3. The van der Waals surface area contributed by atoms with Gasteiger partial charge in [-0.2, -0.15) is 0 Å². The Labute approximate surface area is 158 Å². The van der Waals surface area contributed by atoms with Crippen molar-refractivity contribution in [3.8, 4) is 5.75 Å². The quantitative estimate of drug-likeness (QED) is 0.460. The van der Waals surface area contributed by atoms with Crippen LogP contribution in [-0.2, 0) is 4.74 Å². The Morgan fingerprint density at radius 2 is 1.68 bits per heavy atom. The van der Waals surface area contributed by atoms with E-state index in [1.807, 2.05) is 0 Å². The number of hydrogen-bond acceptors (Lipinski definition) is 6. The fourth-order valence-electron chi connectivity index (χ4n) is 3.70. The first-order valence-corrected chi connectivity index (χ1v) is 11.7. The summed E-state index contributed by atoms with van der Waals surface area (Å²) in [6.45, 7) is 13.2. The first-order chi connectivity index (χ1) is 11.6. The summed E-state index contributed by atoms with van der Waals surface area (Å²) in [7, 11) is -0.887. The molecule has 2 rings (SSSR count). The zero-order valence-electron chi connectivity index (χ0n) is 15.7. The minimum absolute atomic E-state index is 0.289. The van der Waals surface area contributed by atoms with Gasteiger partial charge in [0.05, 0.1) is 11.8 Å². The second kappa shape index (κ2) is 7.59. The second-order valence-electron chi connectivity index (χ2n) is 7.05. The number of halogens is 1. The molecular formula is C17H25ClN2O3SSi. The molecule has 5 nitrogen and oxygen atoms in total. The largest absolute Gasteiger partial charge is 0.540 e. The SMILES string of the molecule is COC(=O)c1sc2cc(Cl)nnc2c1O[Si](C(C)C)(C(C)C)C(C)C. The Kier molecular flexibility index (Phi) is 6.12. The van der Waals surface area contributed by atoms with E-state index in [4.69, 9.17) is 20.8 Å². The molecule has 0 N–H and O–H groups in total. The van der Waals surface area contributed by atoms with Gasteiger partial charge in [-0.15, -0.1) is 21.5 Å². The van der Waals surface area contributed by atoms with Crippen LogP contribution in [0, 0.1) is 0 Å². The van der Waals surface area contributed by atoms with E-state index in [0.717, 1.165) is 4.70 Å². The van der Waals surface area contributed by atoms with Gasteiger partial charge in [0.25, 0.3) is 8.32 Å². The molecule has 8 heteroatoms. The van der Waals surface area contributed by atoms with E-state index in [9.17, 15) is 4.79 Å². The summed E-state index contributed by atoms with van der Waals surface area (Å²) in [5.41, 5.74) is 1.68. The van der Waals surface area contributed by atoms with Crippen LogP contribution in [0.5, 0.6) is 5.75 Å². The first-order valence-electron chi connectivity index (χ1n) is 8.38. The Bertz CT molecular complexity index is 755. The monoisotopic (exact) mass is 400 g/mol. The van der Waals surface area contributed by atoms with Crippen molar-refractivity contribution in [2.24, 2.45) is 0 Å². The molecule has 0 aliphatic heterocycles. The molecule has 0 saturated carbocycles. The number of rotatable bonds is 6. The molecule has 0 unspecified atom stereocenters. The van der Waals surface area contributed by atoms with E-state index in [0.29, 0.717) is 32.8 Å². The molecule has 0 aromatic carbocycles. The van der Waals surface area contributed by atoms with Crippen LogP contribution in [0.2, 0.25) is 21.8 Å². The van der Waals surface area contributed by atoms with Crippen molar-refractivity contribution in [1.82, 2.24) is 10.2 Å². The van der Waals surface area contributed by atoms with Crippen LogP contribution in [0.3, 0.4) is 0 Å². The van der Waals surface area contributed by atoms with Crippen LogP contribution >= 0.6 is 22.9 Å². The number of thiophene rings is 1. The molecule has 138 valence electrons. The van der Waals surface area contributed by atoms with E-state index in [1.165, 1.54) is 18.4 Å². The number of fused-ring (bicyclic) bond motifs is 1. The van der Waals surface area contributed by atoms with Crippen LogP contribution in [0.15, 0.2) is 6.07 Å². The van der Waals surface area contributed by atoms with Gasteiger partial charge in [-0.1, -0.05) is 53.1 Å². The summed E-state index contributed by atoms with van der Waals surface area (Å²) >= 11 is 7.25. The summed E-state index contributed by atoms with van der Waals surface area (Å²) < 4.78 is 12.5. The molecule has 2 aromatic heterocycles. The van der Waals surface area contributed by atoms with Gasteiger partial charge in [-0.3, -0.25) is 0 Å². The average molecular weight is 401 g/mol. The van der Waals surface area contributed by atoms with Crippen molar-refractivity contribution in [3.05, 3.63) is 16.1 Å². The van der Waals surface area contributed by atoms with Gasteiger partial charge in [0, 0.05) is 0 Å². The van der Waals surface area contributed by atoms with Crippen LogP contribution in [0.1, 0.15) is 51.2 Å². The van der Waals surface area contributed by atoms with Crippen molar-refractivity contribution in [1.29, 1.82) is 0 Å². The van der Waals surface area contributed by atoms with Gasteiger partial charge < -0.3 is 9.16 Å². The van der Waals surface area contributed by atoms with E-state index < -0.39 is 14.3 Å². The molecule has 0 saturated heterocycles. The molecule has 0 spiro atoms. The molecule has 2 aromatic rings. The van der Waals surface area contributed by atoms with Gasteiger partial charge in [0.2, 0.25) is 0 Å². The third-order valence-corrected chi connectivity index (χ3v) is 12.0. The van der Waals surface area contributed by atoms with E-state index in [1.54, 1.807) is 6.07 Å². The van der Waals surface area contributed by atoms with Crippen LogP contribution in [0.25, 0.3) is 10.2 Å². The highest BCUT2D eigenvalue weighted by Crippen LogP contribution is 2.47. The first kappa shape index (κ1) is 20.1. The summed E-state index contributed by atoms with van der Waals surface area (Å²) in [6, 6.07) is 1.71. The number of aromatic nitrogens is 2. The highest BCUT2D eigenvalue weighted by atomic mass is 35.5. The summed E-state index contributed by atoms with van der Waals surface area (Å²) in [5, 5.41) is 8.42. The molecule has 0 atom stereocenters. The maximum atomic E-state index is 12.3. The highest BCUT2D eigenvalue weighted by Gasteiger charge is 2.48. The zero-order valence-corrected chi connectivity index (χ0v) is 18.3. The van der Waals surface area contributed by atoms with Crippen LogP contribution in [0.4, 0.5) is 0 Å². The normalized spacial score (nSPS) is 12.4. The van der Waals surface area contributed by atoms with Gasteiger partial charge >= 0.3 is 5.97 Å². The zero-order chi connectivity index (χ0) is 18.9. The van der Waals surface area contributed by atoms with Crippen molar-refractivity contribution < 1.29 is 14.0 Å². The Balaban J connectivity index is 2.71. The Morgan fingerprint density at radius 1 is 1.12 bits per heavy atom. The van der Waals surface area contributed by atoms with Crippen molar-refractivity contribution in [3.63, 3.8) is 0 Å². The lowest BCUT2D eigenvalue weighted by Gasteiger charge is -2.42. The fraction of sp³-hybridized carbons (Fsp3) is 0.588. The number of esters is 1. The number of hydrogen-bond donors (Lipinski definition) is 0. The number of ether oxygens (including phenoxy) is 1. The molecule has 25 heavy (non-hydrogen) atoms. The van der Waals surface area contributed by atoms with Crippen LogP contribution < -0.4 is 4.43 Å².